The molecule has 0 bridgehead atoms. The third kappa shape index (κ3) is 5.96. The average Bonchev–Trinajstić information content (AvgIpc) is 2.61. The van der Waals surface area contributed by atoms with Crippen LogP contribution in [0.2, 0.25) is 0 Å². The summed E-state index contributed by atoms with van der Waals surface area (Å²) in [5.41, 5.74) is 3.41. The van der Waals surface area contributed by atoms with Gasteiger partial charge in [0.05, 0.1) is 6.61 Å². The largest absolute Gasteiger partial charge is 0.508 e. The van der Waals surface area contributed by atoms with E-state index in [1.807, 2.05) is 26.0 Å². The predicted octanol–water partition coefficient (Wildman–Crippen LogP) is 5.48. The Bertz CT molecular complexity index is 866. The van der Waals surface area contributed by atoms with Gasteiger partial charge in [-0.15, -0.1) is 0 Å². The van der Waals surface area contributed by atoms with Crippen molar-refractivity contribution in [3.8, 4) is 11.5 Å². The van der Waals surface area contributed by atoms with Crippen molar-refractivity contribution in [3.05, 3.63) is 58.4 Å². The van der Waals surface area contributed by atoms with Gasteiger partial charge in [0.1, 0.15) is 5.75 Å². The van der Waals surface area contributed by atoms with E-state index in [9.17, 15) is 14.3 Å². The number of phenols is 1. The van der Waals surface area contributed by atoms with Crippen molar-refractivity contribution < 1.29 is 23.8 Å². The third-order valence-corrected chi connectivity index (χ3v) is 4.73. The number of ether oxygens (including phenoxy) is 2. The van der Waals surface area contributed by atoms with Crippen LogP contribution in [0.5, 0.6) is 11.5 Å². The second-order valence-electron chi connectivity index (χ2n) is 8.51. The third-order valence-electron chi connectivity index (χ3n) is 4.73. The highest BCUT2D eigenvalue weighted by Crippen LogP contribution is 2.34. The zero-order valence-electron chi connectivity index (χ0n) is 18.1. The predicted molar refractivity (Wildman–Crippen MR) is 112 cm³/mol. The van der Waals surface area contributed by atoms with Gasteiger partial charge in [0.25, 0.3) is 0 Å². The number of esters is 1. The molecule has 5 heteroatoms. The molecule has 0 spiro atoms. The maximum Gasteiger partial charge on any atom is 0.344 e. The highest BCUT2D eigenvalue weighted by Gasteiger charge is 2.22. The smallest absolute Gasteiger partial charge is 0.344 e. The molecule has 0 aliphatic carbocycles. The molecule has 1 N–H and O–H groups in total. The van der Waals surface area contributed by atoms with Crippen molar-refractivity contribution in [1.82, 2.24) is 0 Å². The highest BCUT2D eigenvalue weighted by atomic mass is 19.1. The van der Waals surface area contributed by atoms with Crippen LogP contribution in [0.3, 0.4) is 0 Å². The van der Waals surface area contributed by atoms with Crippen LogP contribution in [0.1, 0.15) is 69.7 Å². The molecular weight excluding hydrogens is 371 g/mol. The standard InChI is InChI=1S/C24H31FO4/c1-7-28-23(27)14-29-22-13-19(24(4,5)6)17(12-20(22)25)10-16-8-9-21(26)18(11-16)15(2)3/h8-9,11-13,15,26H,7,10,14H2,1-6H3. The van der Waals surface area contributed by atoms with Crippen LogP contribution in [-0.2, 0) is 21.4 Å². The van der Waals surface area contributed by atoms with E-state index in [4.69, 9.17) is 9.47 Å². The van der Waals surface area contributed by atoms with Crippen molar-refractivity contribution in [2.75, 3.05) is 13.2 Å². The lowest BCUT2D eigenvalue weighted by molar-refractivity contribution is -0.145. The summed E-state index contributed by atoms with van der Waals surface area (Å²) in [5, 5.41) is 10.1. The van der Waals surface area contributed by atoms with E-state index in [2.05, 4.69) is 20.8 Å². The molecular formula is C24H31FO4. The summed E-state index contributed by atoms with van der Waals surface area (Å²) in [6, 6.07) is 8.66. The molecule has 0 heterocycles. The van der Waals surface area contributed by atoms with Crippen LogP contribution in [0.15, 0.2) is 30.3 Å². The molecule has 0 radical (unpaired) electrons. The van der Waals surface area contributed by atoms with Gasteiger partial charge in [-0.1, -0.05) is 46.8 Å². The summed E-state index contributed by atoms with van der Waals surface area (Å²) in [5.74, 6) is -0.542. The highest BCUT2D eigenvalue weighted by molar-refractivity contribution is 5.71. The summed E-state index contributed by atoms with van der Waals surface area (Å²) < 4.78 is 24.9. The van der Waals surface area contributed by atoms with E-state index in [1.54, 1.807) is 19.1 Å². The van der Waals surface area contributed by atoms with Crippen LogP contribution in [0, 0.1) is 5.82 Å². The first-order valence-corrected chi connectivity index (χ1v) is 9.96. The maximum atomic E-state index is 14.7. The van der Waals surface area contributed by atoms with Gasteiger partial charge in [0, 0.05) is 0 Å². The van der Waals surface area contributed by atoms with Gasteiger partial charge in [-0.2, -0.15) is 0 Å². The normalized spacial score (nSPS) is 11.6. The monoisotopic (exact) mass is 402 g/mol. The quantitative estimate of drug-likeness (QED) is 0.623. The number of carbonyl (C=O) groups excluding carboxylic acids is 1. The summed E-state index contributed by atoms with van der Waals surface area (Å²) >= 11 is 0. The molecule has 0 fully saturated rings. The number of hydrogen-bond donors (Lipinski definition) is 1. The van der Waals surface area contributed by atoms with Gasteiger partial charge in [-0.05, 0) is 65.1 Å². The van der Waals surface area contributed by atoms with E-state index >= 15 is 0 Å². The molecule has 158 valence electrons. The molecule has 0 saturated heterocycles. The molecule has 2 aromatic carbocycles. The molecule has 0 aliphatic rings. The Labute approximate surface area is 172 Å². The van der Waals surface area contributed by atoms with Gasteiger partial charge >= 0.3 is 5.97 Å². The molecule has 0 amide bonds. The number of aromatic hydroxyl groups is 1. The average molecular weight is 403 g/mol. The Hall–Kier alpha value is -2.56. The van der Waals surface area contributed by atoms with Gasteiger partial charge in [0.15, 0.2) is 18.2 Å². The zero-order valence-corrected chi connectivity index (χ0v) is 18.1. The number of phenolic OH excluding ortho intramolecular Hbond substituents is 1. The van der Waals surface area contributed by atoms with E-state index in [0.29, 0.717) is 6.42 Å². The number of benzene rings is 2. The first-order valence-electron chi connectivity index (χ1n) is 9.96. The first kappa shape index (κ1) is 22.7. The number of hydrogen-bond acceptors (Lipinski definition) is 4. The summed E-state index contributed by atoms with van der Waals surface area (Å²) in [6.07, 6.45) is 0.529. The molecule has 0 aliphatic heterocycles. The SMILES string of the molecule is CCOC(=O)COc1cc(C(C)(C)C)c(Cc2ccc(O)c(C(C)C)c2)cc1F. The minimum atomic E-state index is -0.529. The summed E-state index contributed by atoms with van der Waals surface area (Å²) in [4.78, 5) is 11.5. The van der Waals surface area contributed by atoms with E-state index in [0.717, 1.165) is 22.3 Å². The lowest BCUT2D eigenvalue weighted by atomic mass is 9.81. The summed E-state index contributed by atoms with van der Waals surface area (Å²) in [7, 11) is 0. The molecule has 0 saturated carbocycles. The molecule has 0 aromatic heterocycles. The Kier molecular flexibility index (Phi) is 7.28. The first-order chi connectivity index (χ1) is 13.5. The minimum absolute atomic E-state index is 0.0419. The van der Waals surface area contributed by atoms with Crippen molar-refractivity contribution in [2.45, 2.75) is 59.3 Å². The minimum Gasteiger partial charge on any atom is -0.508 e. The number of halogens is 1. The van der Waals surface area contributed by atoms with Crippen LogP contribution >= 0.6 is 0 Å². The second kappa shape index (κ2) is 9.29. The fourth-order valence-electron chi connectivity index (χ4n) is 3.29. The fraction of sp³-hybridized carbons (Fsp3) is 0.458. The Balaban J connectivity index is 2.38. The lowest BCUT2D eigenvalue weighted by Gasteiger charge is -2.24. The lowest BCUT2D eigenvalue weighted by Crippen LogP contribution is -2.18. The van der Waals surface area contributed by atoms with Crippen LogP contribution in [-0.4, -0.2) is 24.3 Å². The molecule has 0 unspecified atom stereocenters. The van der Waals surface area contributed by atoms with Gasteiger partial charge in [-0.3, -0.25) is 0 Å². The van der Waals surface area contributed by atoms with E-state index in [1.165, 1.54) is 6.07 Å². The Morgan fingerprint density at radius 1 is 1.17 bits per heavy atom. The van der Waals surface area contributed by atoms with E-state index < -0.39 is 11.8 Å². The Morgan fingerprint density at radius 3 is 2.45 bits per heavy atom. The van der Waals surface area contributed by atoms with Crippen molar-refractivity contribution in [3.63, 3.8) is 0 Å². The van der Waals surface area contributed by atoms with Crippen LogP contribution in [0.25, 0.3) is 0 Å². The number of carbonyl (C=O) groups is 1. The molecule has 2 rings (SSSR count). The van der Waals surface area contributed by atoms with Crippen molar-refractivity contribution in [1.29, 1.82) is 0 Å². The van der Waals surface area contributed by atoms with Gasteiger partial charge in [0.2, 0.25) is 0 Å². The van der Waals surface area contributed by atoms with Crippen LogP contribution < -0.4 is 4.74 Å². The van der Waals surface area contributed by atoms with Crippen molar-refractivity contribution >= 4 is 5.97 Å². The van der Waals surface area contributed by atoms with Crippen LogP contribution in [0.4, 0.5) is 4.39 Å². The fourth-order valence-corrected chi connectivity index (χ4v) is 3.29. The molecule has 29 heavy (non-hydrogen) atoms. The maximum absolute atomic E-state index is 14.7. The van der Waals surface area contributed by atoms with Crippen molar-refractivity contribution in [2.24, 2.45) is 0 Å². The molecule has 4 nitrogen and oxygen atoms in total. The topological polar surface area (TPSA) is 55.8 Å². The molecule has 0 atom stereocenters. The van der Waals surface area contributed by atoms with Gasteiger partial charge in [-0.25, -0.2) is 9.18 Å². The van der Waals surface area contributed by atoms with E-state index in [-0.39, 0.29) is 36.0 Å². The molecule has 2 aromatic rings. The second-order valence-corrected chi connectivity index (χ2v) is 8.51. The zero-order chi connectivity index (χ0) is 21.8. The van der Waals surface area contributed by atoms with Gasteiger partial charge < -0.3 is 14.6 Å². The summed E-state index contributed by atoms with van der Waals surface area (Å²) in [6.45, 7) is 11.8. The number of rotatable bonds is 7. The Morgan fingerprint density at radius 2 is 1.86 bits per heavy atom.